The molecule has 3 rings (SSSR count). The van der Waals surface area contributed by atoms with Crippen molar-refractivity contribution in [3.05, 3.63) is 29.3 Å². The number of imidazole rings is 1. The molecule has 15 heavy (non-hydrogen) atoms. The largest absolute Gasteiger partial charge is 0.476 e. The molecular formula is C10H9N3O2. The van der Waals surface area contributed by atoms with Crippen LogP contribution in [0.25, 0.3) is 5.52 Å². The molecule has 1 N–H and O–H groups in total. The predicted molar refractivity (Wildman–Crippen MR) is 52.0 cm³/mol. The average molecular weight is 203 g/mol. The maximum Gasteiger partial charge on any atom is 0.356 e. The second kappa shape index (κ2) is 2.79. The zero-order valence-corrected chi connectivity index (χ0v) is 7.97. The molecule has 5 heteroatoms. The first-order chi connectivity index (χ1) is 7.25. The fourth-order valence-corrected chi connectivity index (χ4v) is 2.04. The van der Waals surface area contributed by atoms with Crippen molar-refractivity contribution in [3.63, 3.8) is 0 Å². The monoisotopic (exact) mass is 203 g/mol. The van der Waals surface area contributed by atoms with Crippen molar-refractivity contribution in [1.29, 1.82) is 0 Å². The lowest BCUT2D eigenvalue weighted by Gasteiger charge is -1.99. The van der Waals surface area contributed by atoms with Crippen LogP contribution in [0.5, 0.6) is 0 Å². The number of aromatic carboxylic acids is 1. The van der Waals surface area contributed by atoms with Gasteiger partial charge in [0.2, 0.25) is 0 Å². The fraction of sp³-hybridized carbons (Fsp3) is 0.300. The lowest BCUT2D eigenvalue weighted by atomic mass is 10.2. The number of carboxylic acid groups (broad SMARTS) is 1. The summed E-state index contributed by atoms with van der Waals surface area (Å²) in [5.41, 5.74) is 2.89. The van der Waals surface area contributed by atoms with Crippen LogP contribution in [0.1, 0.15) is 28.2 Å². The number of carboxylic acids is 1. The first-order valence-electron chi connectivity index (χ1n) is 4.85. The summed E-state index contributed by atoms with van der Waals surface area (Å²) < 4.78 is 1.55. The number of nitrogens with zero attached hydrogens (tertiary/aromatic N) is 3. The summed E-state index contributed by atoms with van der Waals surface area (Å²) in [6, 6.07) is 1.89. The highest BCUT2D eigenvalue weighted by Crippen LogP contribution is 2.22. The van der Waals surface area contributed by atoms with Gasteiger partial charge in [0, 0.05) is 0 Å². The Morgan fingerprint density at radius 2 is 2.33 bits per heavy atom. The molecule has 0 saturated carbocycles. The van der Waals surface area contributed by atoms with Gasteiger partial charge in [-0.15, -0.1) is 0 Å². The Kier molecular flexibility index (Phi) is 1.56. The van der Waals surface area contributed by atoms with E-state index in [-0.39, 0.29) is 5.69 Å². The normalized spacial score (nSPS) is 14.4. The highest BCUT2D eigenvalue weighted by molar-refractivity contribution is 5.93. The highest BCUT2D eigenvalue weighted by atomic mass is 16.4. The van der Waals surface area contributed by atoms with Gasteiger partial charge < -0.3 is 5.11 Å². The molecule has 5 nitrogen and oxygen atoms in total. The molecule has 0 aliphatic heterocycles. The van der Waals surface area contributed by atoms with Crippen LogP contribution in [0, 0.1) is 0 Å². The van der Waals surface area contributed by atoms with Gasteiger partial charge in [0.1, 0.15) is 6.33 Å². The van der Waals surface area contributed by atoms with Gasteiger partial charge in [-0.2, -0.15) is 5.10 Å². The molecule has 1 aliphatic carbocycles. The number of carbonyl (C=O) groups is 1. The van der Waals surface area contributed by atoms with Crippen molar-refractivity contribution in [2.75, 3.05) is 0 Å². The van der Waals surface area contributed by atoms with Crippen LogP contribution in [0.3, 0.4) is 0 Å². The van der Waals surface area contributed by atoms with Gasteiger partial charge in [-0.3, -0.25) is 0 Å². The maximum atomic E-state index is 10.9. The van der Waals surface area contributed by atoms with E-state index in [9.17, 15) is 4.79 Å². The molecule has 1 aliphatic rings. The Bertz CT molecular complexity index is 559. The van der Waals surface area contributed by atoms with Crippen molar-refractivity contribution >= 4 is 11.5 Å². The molecule has 0 spiro atoms. The fourth-order valence-electron chi connectivity index (χ4n) is 2.04. The third-order valence-corrected chi connectivity index (χ3v) is 2.76. The van der Waals surface area contributed by atoms with Gasteiger partial charge in [-0.1, -0.05) is 0 Å². The molecule has 2 aromatic heterocycles. The minimum Gasteiger partial charge on any atom is -0.476 e. The molecule has 0 bridgehead atoms. The van der Waals surface area contributed by atoms with E-state index in [1.165, 1.54) is 6.33 Å². The van der Waals surface area contributed by atoms with E-state index in [1.54, 1.807) is 4.52 Å². The minimum atomic E-state index is -1.00. The molecule has 2 heterocycles. The standard InChI is InChI=1S/C10H9N3O2/c14-10(15)9-8-4-6-2-1-3-7(6)12-13(8)5-11-9/h4-5H,1-3H2,(H,14,15). The molecule has 0 radical (unpaired) electrons. The Balaban J connectivity index is 2.31. The van der Waals surface area contributed by atoms with Crippen LogP contribution >= 0.6 is 0 Å². The molecule has 0 amide bonds. The van der Waals surface area contributed by atoms with Crippen LogP contribution in [-0.2, 0) is 12.8 Å². The van der Waals surface area contributed by atoms with Crippen LogP contribution in [0.15, 0.2) is 12.4 Å². The summed E-state index contributed by atoms with van der Waals surface area (Å²) in [6.45, 7) is 0. The summed E-state index contributed by atoms with van der Waals surface area (Å²) >= 11 is 0. The number of hydrogen-bond acceptors (Lipinski definition) is 3. The molecule has 0 saturated heterocycles. The van der Waals surface area contributed by atoms with Crippen molar-refractivity contribution in [1.82, 2.24) is 14.6 Å². The topological polar surface area (TPSA) is 67.5 Å². The zero-order valence-electron chi connectivity index (χ0n) is 7.97. The molecule has 0 atom stereocenters. The number of aryl methyl sites for hydroxylation is 2. The van der Waals surface area contributed by atoms with Gasteiger partial charge in [0.25, 0.3) is 0 Å². The summed E-state index contributed by atoms with van der Waals surface area (Å²) in [6.07, 6.45) is 4.53. The van der Waals surface area contributed by atoms with Crippen LogP contribution < -0.4 is 0 Å². The van der Waals surface area contributed by atoms with Gasteiger partial charge >= 0.3 is 5.97 Å². The van der Waals surface area contributed by atoms with Crippen LogP contribution in [0.4, 0.5) is 0 Å². The summed E-state index contributed by atoms with van der Waals surface area (Å²) in [4.78, 5) is 14.7. The van der Waals surface area contributed by atoms with E-state index in [1.807, 2.05) is 6.07 Å². The molecule has 2 aromatic rings. The van der Waals surface area contributed by atoms with Crippen molar-refractivity contribution in [2.45, 2.75) is 19.3 Å². The first kappa shape index (κ1) is 8.40. The third kappa shape index (κ3) is 1.12. The van der Waals surface area contributed by atoms with Crippen molar-refractivity contribution in [2.24, 2.45) is 0 Å². The van der Waals surface area contributed by atoms with Crippen molar-refractivity contribution in [3.8, 4) is 0 Å². The van der Waals surface area contributed by atoms with Gasteiger partial charge in [-0.05, 0) is 30.9 Å². The average Bonchev–Trinajstić information content (AvgIpc) is 2.77. The van der Waals surface area contributed by atoms with E-state index in [2.05, 4.69) is 10.1 Å². The lowest BCUT2D eigenvalue weighted by Crippen LogP contribution is -2.00. The van der Waals surface area contributed by atoms with Gasteiger partial charge in [-0.25, -0.2) is 14.3 Å². The first-order valence-corrected chi connectivity index (χ1v) is 4.85. The molecule has 76 valence electrons. The van der Waals surface area contributed by atoms with E-state index < -0.39 is 5.97 Å². The molecular weight excluding hydrogens is 194 g/mol. The number of aromatic nitrogens is 3. The van der Waals surface area contributed by atoms with Crippen LogP contribution in [-0.4, -0.2) is 25.7 Å². The molecule has 0 unspecified atom stereocenters. The highest BCUT2D eigenvalue weighted by Gasteiger charge is 2.18. The minimum absolute atomic E-state index is 0.0807. The van der Waals surface area contributed by atoms with Gasteiger partial charge in [0.05, 0.1) is 11.2 Å². The number of rotatable bonds is 1. The second-order valence-electron chi connectivity index (χ2n) is 3.70. The van der Waals surface area contributed by atoms with E-state index in [0.29, 0.717) is 5.52 Å². The Morgan fingerprint density at radius 1 is 1.47 bits per heavy atom. The quantitative estimate of drug-likeness (QED) is 0.748. The Hall–Kier alpha value is -1.91. The summed E-state index contributed by atoms with van der Waals surface area (Å²) in [5, 5.41) is 13.3. The summed E-state index contributed by atoms with van der Waals surface area (Å²) in [5.74, 6) is -1.00. The Morgan fingerprint density at radius 3 is 3.13 bits per heavy atom. The zero-order chi connectivity index (χ0) is 10.4. The number of hydrogen-bond donors (Lipinski definition) is 1. The SMILES string of the molecule is O=C(O)c1ncn2nc3c(cc12)CCC3. The smallest absolute Gasteiger partial charge is 0.356 e. The second-order valence-corrected chi connectivity index (χ2v) is 3.70. The van der Waals surface area contributed by atoms with E-state index >= 15 is 0 Å². The Labute approximate surface area is 85.4 Å². The van der Waals surface area contributed by atoms with Gasteiger partial charge in [0.15, 0.2) is 5.69 Å². The molecule has 0 fully saturated rings. The number of fused-ring (bicyclic) bond motifs is 2. The van der Waals surface area contributed by atoms with E-state index in [4.69, 9.17) is 5.11 Å². The summed E-state index contributed by atoms with van der Waals surface area (Å²) in [7, 11) is 0. The third-order valence-electron chi connectivity index (χ3n) is 2.76. The van der Waals surface area contributed by atoms with Crippen molar-refractivity contribution < 1.29 is 9.90 Å². The maximum absolute atomic E-state index is 10.9. The van der Waals surface area contributed by atoms with E-state index in [0.717, 1.165) is 30.5 Å². The molecule has 0 aromatic carbocycles. The lowest BCUT2D eigenvalue weighted by molar-refractivity contribution is 0.0693. The predicted octanol–water partition coefficient (Wildman–Crippen LogP) is 0.916. The van der Waals surface area contributed by atoms with Crippen LogP contribution in [0.2, 0.25) is 0 Å².